The zero-order chi connectivity index (χ0) is 13.0. The number of carbonyl (C=O) groups excluding carboxylic acids is 1. The summed E-state index contributed by atoms with van der Waals surface area (Å²) in [6.07, 6.45) is 4.45. The summed E-state index contributed by atoms with van der Waals surface area (Å²) < 4.78 is 6.98. The van der Waals surface area contributed by atoms with Crippen LogP contribution in [0.2, 0.25) is 0 Å². The van der Waals surface area contributed by atoms with Crippen molar-refractivity contribution in [2.75, 3.05) is 6.54 Å². The smallest absolute Gasteiger partial charge is 0.287 e. The first-order chi connectivity index (χ1) is 8.69. The largest absolute Gasteiger partial charge is 0.455 e. The molecule has 2 aromatic rings. The summed E-state index contributed by atoms with van der Waals surface area (Å²) in [5.74, 6) is 0.674. The Hall–Kier alpha value is -2.08. The normalized spacial score (nSPS) is 10.6. The number of nitrogens with one attached hydrogen (secondary N) is 1. The molecule has 6 nitrogen and oxygen atoms in total. The van der Waals surface area contributed by atoms with Crippen LogP contribution in [0.25, 0.3) is 0 Å². The quantitative estimate of drug-likeness (QED) is 0.804. The fourth-order valence-corrected chi connectivity index (χ4v) is 1.62. The van der Waals surface area contributed by atoms with E-state index >= 15 is 0 Å². The van der Waals surface area contributed by atoms with Gasteiger partial charge in [-0.15, -0.1) is 0 Å². The average molecular weight is 248 g/mol. The van der Waals surface area contributed by atoms with Crippen LogP contribution in [0.1, 0.15) is 21.9 Å². The third kappa shape index (κ3) is 2.98. The van der Waals surface area contributed by atoms with Gasteiger partial charge in [0.1, 0.15) is 5.76 Å². The van der Waals surface area contributed by atoms with Crippen molar-refractivity contribution in [1.29, 1.82) is 0 Å². The van der Waals surface area contributed by atoms with Gasteiger partial charge in [-0.05, 0) is 24.1 Å². The molecule has 2 rings (SSSR count). The van der Waals surface area contributed by atoms with Gasteiger partial charge in [-0.2, -0.15) is 5.10 Å². The Kier molecular flexibility index (Phi) is 3.78. The van der Waals surface area contributed by atoms with Crippen LogP contribution in [-0.2, 0) is 20.0 Å². The Morgan fingerprint density at radius 1 is 1.56 bits per heavy atom. The van der Waals surface area contributed by atoms with E-state index in [1.54, 1.807) is 23.0 Å². The first kappa shape index (κ1) is 12.4. The molecule has 6 heteroatoms. The van der Waals surface area contributed by atoms with Crippen molar-refractivity contribution in [1.82, 2.24) is 15.1 Å². The van der Waals surface area contributed by atoms with Crippen molar-refractivity contribution < 1.29 is 9.21 Å². The van der Waals surface area contributed by atoms with Gasteiger partial charge in [0.25, 0.3) is 5.91 Å². The monoisotopic (exact) mass is 248 g/mol. The Bertz CT molecular complexity index is 530. The average Bonchev–Trinajstić information content (AvgIpc) is 2.98. The van der Waals surface area contributed by atoms with Gasteiger partial charge in [-0.25, -0.2) is 0 Å². The highest BCUT2D eigenvalue weighted by atomic mass is 16.4. The predicted octanol–water partition coefficient (Wildman–Crippen LogP) is 0.444. The molecule has 1 amide bonds. The molecule has 0 bridgehead atoms. The number of furan rings is 1. The zero-order valence-corrected chi connectivity index (χ0v) is 10.2. The lowest BCUT2D eigenvalue weighted by molar-refractivity contribution is 0.0924. The molecular weight excluding hydrogens is 232 g/mol. The first-order valence-corrected chi connectivity index (χ1v) is 5.73. The SMILES string of the molecule is Cn1cc(CCNC(=O)c2ccc(CN)o2)cn1. The maximum atomic E-state index is 11.7. The molecule has 2 aromatic heterocycles. The molecule has 96 valence electrons. The lowest BCUT2D eigenvalue weighted by atomic mass is 10.2. The molecule has 0 aliphatic carbocycles. The third-order valence-electron chi connectivity index (χ3n) is 2.54. The summed E-state index contributed by atoms with van der Waals surface area (Å²) >= 11 is 0. The van der Waals surface area contributed by atoms with Crippen molar-refractivity contribution in [3.8, 4) is 0 Å². The number of aromatic nitrogens is 2. The van der Waals surface area contributed by atoms with Gasteiger partial charge in [0.2, 0.25) is 0 Å². The van der Waals surface area contributed by atoms with Gasteiger partial charge in [0.15, 0.2) is 5.76 Å². The molecule has 0 aliphatic heterocycles. The lowest BCUT2D eigenvalue weighted by Gasteiger charge is -2.01. The van der Waals surface area contributed by atoms with Crippen molar-refractivity contribution >= 4 is 5.91 Å². The van der Waals surface area contributed by atoms with Gasteiger partial charge < -0.3 is 15.5 Å². The molecule has 0 radical (unpaired) electrons. The summed E-state index contributed by atoms with van der Waals surface area (Å²) in [5.41, 5.74) is 6.49. The van der Waals surface area contributed by atoms with Crippen LogP contribution in [0, 0.1) is 0 Å². The molecular formula is C12H16N4O2. The number of hydrogen-bond donors (Lipinski definition) is 2. The van der Waals surface area contributed by atoms with Crippen molar-refractivity contribution in [2.45, 2.75) is 13.0 Å². The van der Waals surface area contributed by atoms with Gasteiger partial charge >= 0.3 is 0 Å². The zero-order valence-electron chi connectivity index (χ0n) is 10.2. The highest BCUT2D eigenvalue weighted by molar-refractivity contribution is 5.91. The topological polar surface area (TPSA) is 86.1 Å². The standard InChI is InChI=1S/C12H16N4O2/c1-16-8-9(7-15-16)4-5-14-12(17)11-3-2-10(6-13)18-11/h2-3,7-8H,4-6,13H2,1H3,(H,14,17). The van der Waals surface area contributed by atoms with E-state index in [1.165, 1.54) is 0 Å². The van der Waals surface area contributed by atoms with Crippen LogP contribution in [0.5, 0.6) is 0 Å². The van der Waals surface area contributed by atoms with E-state index < -0.39 is 0 Å². The van der Waals surface area contributed by atoms with Gasteiger partial charge in [-0.3, -0.25) is 9.48 Å². The maximum absolute atomic E-state index is 11.7. The van der Waals surface area contributed by atoms with E-state index in [2.05, 4.69) is 10.4 Å². The van der Waals surface area contributed by atoms with Crippen molar-refractivity contribution in [3.05, 3.63) is 41.6 Å². The third-order valence-corrected chi connectivity index (χ3v) is 2.54. The Morgan fingerprint density at radius 2 is 2.39 bits per heavy atom. The van der Waals surface area contributed by atoms with Crippen LogP contribution in [-0.4, -0.2) is 22.2 Å². The molecule has 0 atom stereocenters. The molecule has 0 spiro atoms. The molecule has 0 saturated heterocycles. The van der Waals surface area contributed by atoms with E-state index in [0.717, 1.165) is 12.0 Å². The Morgan fingerprint density at radius 3 is 3.00 bits per heavy atom. The molecule has 0 fully saturated rings. The van der Waals surface area contributed by atoms with E-state index in [0.29, 0.717) is 24.6 Å². The van der Waals surface area contributed by atoms with E-state index in [1.807, 2.05) is 13.2 Å². The fourth-order valence-electron chi connectivity index (χ4n) is 1.62. The van der Waals surface area contributed by atoms with Crippen LogP contribution >= 0.6 is 0 Å². The highest BCUT2D eigenvalue weighted by Gasteiger charge is 2.09. The minimum Gasteiger partial charge on any atom is -0.455 e. The Balaban J connectivity index is 1.81. The number of hydrogen-bond acceptors (Lipinski definition) is 4. The molecule has 18 heavy (non-hydrogen) atoms. The van der Waals surface area contributed by atoms with Crippen LogP contribution in [0.3, 0.4) is 0 Å². The van der Waals surface area contributed by atoms with Crippen molar-refractivity contribution in [2.24, 2.45) is 12.8 Å². The summed E-state index contributed by atoms with van der Waals surface area (Å²) in [6.45, 7) is 0.839. The number of carbonyl (C=O) groups is 1. The maximum Gasteiger partial charge on any atom is 0.287 e. The molecule has 0 unspecified atom stereocenters. The van der Waals surface area contributed by atoms with E-state index in [4.69, 9.17) is 10.2 Å². The number of aryl methyl sites for hydroxylation is 1. The number of amides is 1. The highest BCUT2D eigenvalue weighted by Crippen LogP contribution is 2.06. The summed E-state index contributed by atoms with van der Waals surface area (Å²) in [6, 6.07) is 3.33. The van der Waals surface area contributed by atoms with E-state index in [9.17, 15) is 4.79 Å². The number of nitrogens with zero attached hydrogens (tertiary/aromatic N) is 2. The minimum absolute atomic E-state index is 0.224. The van der Waals surface area contributed by atoms with Crippen LogP contribution in [0.4, 0.5) is 0 Å². The number of nitrogens with two attached hydrogens (primary N) is 1. The molecule has 3 N–H and O–H groups in total. The summed E-state index contributed by atoms with van der Waals surface area (Å²) in [5, 5.41) is 6.84. The minimum atomic E-state index is -0.224. The second kappa shape index (κ2) is 5.50. The molecule has 2 heterocycles. The summed E-state index contributed by atoms with van der Waals surface area (Å²) in [7, 11) is 1.86. The lowest BCUT2D eigenvalue weighted by Crippen LogP contribution is -2.25. The second-order valence-electron chi connectivity index (χ2n) is 4.00. The van der Waals surface area contributed by atoms with Crippen molar-refractivity contribution in [3.63, 3.8) is 0 Å². The predicted molar refractivity (Wildman–Crippen MR) is 65.8 cm³/mol. The van der Waals surface area contributed by atoms with Gasteiger partial charge in [0, 0.05) is 19.8 Å². The first-order valence-electron chi connectivity index (χ1n) is 5.73. The van der Waals surface area contributed by atoms with Gasteiger partial charge in [0.05, 0.1) is 12.7 Å². The van der Waals surface area contributed by atoms with Crippen LogP contribution < -0.4 is 11.1 Å². The molecule has 0 aliphatic rings. The van der Waals surface area contributed by atoms with Gasteiger partial charge in [-0.1, -0.05) is 0 Å². The molecule has 0 saturated carbocycles. The van der Waals surface area contributed by atoms with Crippen LogP contribution in [0.15, 0.2) is 28.9 Å². The fraction of sp³-hybridized carbons (Fsp3) is 0.333. The Labute approximate surface area is 105 Å². The second-order valence-corrected chi connectivity index (χ2v) is 4.00. The molecule has 0 aromatic carbocycles. The number of rotatable bonds is 5. The summed E-state index contributed by atoms with van der Waals surface area (Å²) in [4.78, 5) is 11.7. The van der Waals surface area contributed by atoms with E-state index in [-0.39, 0.29) is 5.91 Å².